The first-order chi connectivity index (χ1) is 8.98. The highest BCUT2D eigenvalue weighted by Crippen LogP contribution is 2.14. The molecule has 0 saturated carbocycles. The number of nitrogens with one attached hydrogen (secondary N) is 1. The molecular formula is C12H17N5O2. The summed E-state index contributed by atoms with van der Waals surface area (Å²) in [5, 5.41) is 15.0. The first kappa shape index (κ1) is 13.4. The lowest BCUT2D eigenvalue weighted by molar-refractivity contribution is 0.336. The Morgan fingerprint density at radius 2 is 2.05 bits per heavy atom. The molecule has 0 fully saturated rings. The van der Waals surface area contributed by atoms with Crippen LogP contribution in [0, 0.1) is 0 Å². The number of rotatable bonds is 4. The van der Waals surface area contributed by atoms with Gasteiger partial charge in [-0.25, -0.2) is 0 Å². The van der Waals surface area contributed by atoms with E-state index in [1.807, 2.05) is 0 Å². The Hall–Kier alpha value is -2.02. The largest absolute Gasteiger partial charge is 0.480 e. The first-order valence-electron chi connectivity index (χ1n) is 5.93. The monoisotopic (exact) mass is 263 g/mol. The molecule has 2 aromatic rings. The van der Waals surface area contributed by atoms with Crippen LogP contribution in [-0.4, -0.2) is 33.0 Å². The van der Waals surface area contributed by atoms with E-state index in [-0.39, 0.29) is 5.54 Å². The van der Waals surface area contributed by atoms with E-state index < -0.39 is 0 Å². The Kier molecular flexibility index (Phi) is 3.75. The van der Waals surface area contributed by atoms with Crippen molar-refractivity contribution in [1.29, 1.82) is 0 Å². The Balaban J connectivity index is 2.07. The van der Waals surface area contributed by atoms with Gasteiger partial charge in [0.05, 0.1) is 13.7 Å². The van der Waals surface area contributed by atoms with Crippen LogP contribution in [0.15, 0.2) is 16.7 Å². The van der Waals surface area contributed by atoms with E-state index in [1.54, 1.807) is 12.1 Å². The number of methoxy groups -OCH3 is 1. The third-order valence-electron chi connectivity index (χ3n) is 2.32. The summed E-state index contributed by atoms with van der Waals surface area (Å²) in [6.45, 7) is 6.72. The number of aromatic nitrogens is 4. The number of nitrogens with zero attached hydrogens (tertiary/aromatic N) is 4. The van der Waals surface area contributed by atoms with Crippen molar-refractivity contribution in [3.8, 4) is 17.4 Å². The van der Waals surface area contributed by atoms with Crippen LogP contribution in [0.25, 0.3) is 11.5 Å². The fourth-order valence-corrected chi connectivity index (χ4v) is 1.32. The van der Waals surface area contributed by atoms with Crippen molar-refractivity contribution >= 4 is 0 Å². The summed E-state index contributed by atoms with van der Waals surface area (Å²) in [6, 6.07) is 3.43. The minimum absolute atomic E-state index is 0.00540. The minimum Gasteiger partial charge on any atom is -0.480 e. The van der Waals surface area contributed by atoms with Crippen LogP contribution < -0.4 is 10.1 Å². The maximum Gasteiger partial charge on any atom is 0.240 e. The van der Waals surface area contributed by atoms with Crippen LogP contribution in [0.1, 0.15) is 26.7 Å². The molecule has 0 bridgehead atoms. The van der Waals surface area contributed by atoms with Crippen molar-refractivity contribution < 1.29 is 9.26 Å². The van der Waals surface area contributed by atoms with Crippen molar-refractivity contribution in [3.05, 3.63) is 18.0 Å². The topological polar surface area (TPSA) is 86.0 Å². The first-order valence-corrected chi connectivity index (χ1v) is 5.93. The van der Waals surface area contributed by atoms with E-state index in [4.69, 9.17) is 9.26 Å². The van der Waals surface area contributed by atoms with Crippen LogP contribution in [0.3, 0.4) is 0 Å². The fraction of sp³-hybridized carbons (Fsp3) is 0.500. The van der Waals surface area contributed by atoms with Crippen LogP contribution in [0.2, 0.25) is 0 Å². The standard InChI is InChI=1S/C12H17N5O2/c1-12(2,3)13-7-10-14-11(17-19-10)8-5-6-9(18-4)16-15-8/h5-6,13H,7H2,1-4H3. The Bertz CT molecular complexity index is 530. The van der Waals surface area contributed by atoms with Gasteiger partial charge < -0.3 is 14.6 Å². The van der Waals surface area contributed by atoms with Crippen molar-refractivity contribution in [2.24, 2.45) is 0 Å². The molecule has 2 heterocycles. The molecule has 2 rings (SSSR count). The van der Waals surface area contributed by atoms with Crippen molar-refractivity contribution in [1.82, 2.24) is 25.7 Å². The van der Waals surface area contributed by atoms with Crippen LogP contribution >= 0.6 is 0 Å². The molecule has 0 aliphatic rings. The molecule has 0 spiro atoms. The van der Waals surface area contributed by atoms with Gasteiger partial charge in [0.2, 0.25) is 17.6 Å². The van der Waals surface area contributed by atoms with E-state index in [2.05, 4.69) is 46.4 Å². The molecule has 19 heavy (non-hydrogen) atoms. The van der Waals surface area contributed by atoms with Gasteiger partial charge in [-0.2, -0.15) is 4.98 Å². The predicted octanol–water partition coefficient (Wildman–Crippen LogP) is 1.42. The maximum atomic E-state index is 5.15. The predicted molar refractivity (Wildman–Crippen MR) is 68.5 cm³/mol. The highest BCUT2D eigenvalue weighted by molar-refractivity contribution is 5.47. The van der Waals surface area contributed by atoms with E-state index in [1.165, 1.54) is 7.11 Å². The highest BCUT2D eigenvalue weighted by atomic mass is 16.5. The van der Waals surface area contributed by atoms with Crippen molar-refractivity contribution in [2.75, 3.05) is 7.11 Å². The lowest BCUT2D eigenvalue weighted by atomic mass is 10.1. The molecule has 0 unspecified atom stereocenters. The number of hydrogen-bond acceptors (Lipinski definition) is 7. The molecule has 1 N–H and O–H groups in total. The Morgan fingerprint density at radius 1 is 1.26 bits per heavy atom. The summed E-state index contributed by atoms with van der Waals surface area (Å²) >= 11 is 0. The van der Waals surface area contributed by atoms with Crippen molar-refractivity contribution in [3.63, 3.8) is 0 Å². The summed E-state index contributed by atoms with van der Waals surface area (Å²) in [5.41, 5.74) is 0.542. The molecule has 102 valence electrons. The summed E-state index contributed by atoms with van der Waals surface area (Å²) in [6.07, 6.45) is 0. The summed E-state index contributed by atoms with van der Waals surface area (Å²) in [4.78, 5) is 4.26. The van der Waals surface area contributed by atoms with Gasteiger partial charge in [-0.05, 0) is 26.8 Å². The van der Waals surface area contributed by atoms with Gasteiger partial charge in [0.15, 0.2) is 0 Å². The van der Waals surface area contributed by atoms with E-state index >= 15 is 0 Å². The van der Waals surface area contributed by atoms with E-state index in [9.17, 15) is 0 Å². The number of ether oxygens (including phenoxy) is 1. The second kappa shape index (κ2) is 5.31. The molecule has 2 aromatic heterocycles. The molecule has 0 aromatic carbocycles. The van der Waals surface area contributed by atoms with Gasteiger partial charge in [0.25, 0.3) is 0 Å². The number of hydrogen-bond donors (Lipinski definition) is 1. The maximum absolute atomic E-state index is 5.15. The molecule has 0 atom stereocenters. The van der Waals surface area contributed by atoms with Gasteiger partial charge in [-0.1, -0.05) is 5.16 Å². The Morgan fingerprint density at radius 3 is 2.63 bits per heavy atom. The molecule has 7 heteroatoms. The van der Waals surface area contributed by atoms with Gasteiger partial charge in [-0.15, -0.1) is 10.2 Å². The minimum atomic E-state index is -0.00540. The second-order valence-electron chi connectivity index (χ2n) is 5.08. The molecule has 0 aliphatic heterocycles. The average Bonchev–Trinajstić information content (AvgIpc) is 2.84. The van der Waals surface area contributed by atoms with E-state index in [0.717, 1.165) is 0 Å². The highest BCUT2D eigenvalue weighted by Gasteiger charge is 2.14. The third-order valence-corrected chi connectivity index (χ3v) is 2.32. The van der Waals surface area contributed by atoms with Gasteiger partial charge >= 0.3 is 0 Å². The van der Waals surface area contributed by atoms with Crippen LogP contribution in [0.4, 0.5) is 0 Å². The quantitative estimate of drug-likeness (QED) is 0.892. The summed E-state index contributed by atoms with van der Waals surface area (Å²) in [7, 11) is 1.54. The zero-order valence-corrected chi connectivity index (χ0v) is 11.5. The lowest BCUT2D eigenvalue weighted by Crippen LogP contribution is -2.35. The summed E-state index contributed by atoms with van der Waals surface area (Å²) < 4.78 is 10.1. The van der Waals surface area contributed by atoms with Gasteiger partial charge in [0, 0.05) is 11.6 Å². The Labute approximate surface area is 111 Å². The third kappa shape index (κ3) is 3.72. The lowest BCUT2D eigenvalue weighted by Gasteiger charge is -2.18. The van der Waals surface area contributed by atoms with Crippen LogP contribution in [0.5, 0.6) is 5.88 Å². The normalized spacial score (nSPS) is 11.6. The zero-order valence-electron chi connectivity index (χ0n) is 11.5. The molecular weight excluding hydrogens is 246 g/mol. The average molecular weight is 263 g/mol. The fourth-order valence-electron chi connectivity index (χ4n) is 1.32. The SMILES string of the molecule is COc1ccc(-c2noc(CNC(C)(C)C)n2)nn1. The summed E-state index contributed by atoms with van der Waals surface area (Å²) in [5.74, 6) is 1.38. The molecule has 0 radical (unpaired) electrons. The smallest absolute Gasteiger partial charge is 0.240 e. The zero-order chi connectivity index (χ0) is 13.9. The molecule has 7 nitrogen and oxygen atoms in total. The van der Waals surface area contributed by atoms with Gasteiger partial charge in [-0.3, -0.25) is 0 Å². The van der Waals surface area contributed by atoms with Crippen molar-refractivity contribution in [2.45, 2.75) is 32.9 Å². The van der Waals surface area contributed by atoms with Gasteiger partial charge in [0.1, 0.15) is 5.69 Å². The van der Waals surface area contributed by atoms with E-state index in [0.29, 0.717) is 29.8 Å². The van der Waals surface area contributed by atoms with Crippen LogP contribution in [-0.2, 0) is 6.54 Å². The molecule has 0 amide bonds. The second-order valence-corrected chi connectivity index (χ2v) is 5.08. The molecule has 0 aliphatic carbocycles. The molecule has 0 saturated heterocycles.